The molecule has 3 aliphatic heterocycles. The molecule has 5 nitrogen and oxygen atoms in total. The Labute approximate surface area is 152 Å². The Kier molecular flexibility index (Phi) is 3.15. The van der Waals surface area contributed by atoms with Crippen LogP contribution in [0.2, 0.25) is 0 Å². The van der Waals surface area contributed by atoms with Crippen LogP contribution in [-0.2, 0) is 19.7 Å². The van der Waals surface area contributed by atoms with Crippen molar-refractivity contribution in [3.05, 3.63) is 41.5 Å². The molecule has 1 aromatic carbocycles. The van der Waals surface area contributed by atoms with Gasteiger partial charge in [-0.25, -0.2) is 0 Å². The first-order valence-electron chi connectivity index (χ1n) is 9.26. The molecule has 0 N–H and O–H groups in total. The molecular formula is C21H22N2O3. The van der Waals surface area contributed by atoms with Gasteiger partial charge < -0.3 is 4.74 Å². The van der Waals surface area contributed by atoms with E-state index in [1.165, 1.54) is 12.7 Å². The number of carbonyl (C=O) groups excluding carboxylic acids is 2. The molecule has 26 heavy (non-hydrogen) atoms. The van der Waals surface area contributed by atoms with Crippen molar-refractivity contribution in [2.75, 3.05) is 20.2 Å². The second-order valence-corrected chi connectivity index (χ2v) is 7.79. The summed E-state index contributed by atoms with van der Waals surface area (Å²) in [4.78, 5) is 34.1. The van der Waals surface area contributed by atoms with E-state index in [1.807, 2.05) is 31.2 Å². The third-order valence-electron chi connectivity index (χ3n) is 7.15. The molecule has 3 fully saturated rings. The predicted molar refractivity (Wildman–Crippen MR) is 97.6 cm³/mol. The van der Waals surface area contributed by atoms with Crippen LogP contribution < -0.4 is 0 Å². The molecule has 1 aromatic rings. The number of aliphatic imine (C=N–C) groups is 1. The lowest BCUT2D eigenvalue weighted by atomic mass is 9.42. The van der Waals surface area contributed by atoms with E-state index in [2.05, 4.69) is 16.0 Å². The van der Waals surface area contributed by atoms with Gasteiger partial charge in [0.2, 0.25) is 0 Å². The van der Waals surface area contributed by atoms with Gasteiger partial charge in [0.15, 0.2) is 5.78 Å². The zero-order valence-corrected chi connectivity index (χ0v) is 15.1. The van der Waals surface area contributed by atoms with Crippen molar-refractivity contribution in [2.45, 2.75) is 31.2 Å². The van der Waals surface area contributed by atoms with E-state index in [0.717, 1.165) is 24.3 Å². The van der Waals surface area contributed by atoms with Crippen molar-refractivity contribution in [3.8, 4) is 0 Å². The summed E-state index contributed by atoms with van der Waals surface area (Å²) in [6.45, 7) is 3.58. The zero-order valence-electron chi connectivity index (χ0n) is 15.1. The number of esters is 1. The van der Waals surface area contributed by atoms with Gasteiger partial charge in [-0.15, -0.1) is 0 Å². The van der Waals surface area contributed by atoms with Crippen molar-refractivity contribution in [1.29, 1.82) is 0 Å². The van der Waals surface area contributed by atoms with Crippen molar-refractivity contribution in [1.82, 2.24) is 4.90 Å². The molecule has 4 aliphatic rings. The molecule has 1 spiro atoms. The van der Waals surface area contributed by atoms with Crippen molar-refractivity contribution >= 4 is 23.7 Å². The van der Waals surface area contributed by atoms with Crippen LogP contribution in [-0.4, -0.2) is 49.1 Å². The molecule has 5 rings (SSSR count). The normalized spacial score (nSPS) is 38.8. The molecular weight excluding hydrogens is 328 g/mol. The lowest BCUT2D eigenvalue weighted by Crippen LogP contribution is -2.75. The van der Waals surface area contributed by atoms with Crippen molar-refractivity contribution in [2.24, 2.45) is 16.3 Å². The van der Waals surface area contributed by atoms with Gasteiger partial charge in [0.05, 0.1) is 24.3 Å². The number of nitrogens with zero attached hydrogens (tertiary/aromatic N) is 2. The fraction of sp³-hybridized carbons (Fsp3) is 0.476. The molecule has 134 valence electrons. The average Bonchev–Trinajstić information content (AvgIpc) is 2.68. The van der Waals surface area contributed by atoms with E-state index < -0.39 is 10.8 Å². The summed E-state index contributed by atoms with van der Waals surface area (Å²) in [5.74, 6) is -0.210. The van der Waals surface area contributed by atoms with Gasteiger partial charge in [0.1, 0.15) is 5.41 Å². The molecule has 0 amide bonds. The standard InChI is InChI=1S/C21H22N2O3/c1-3-13-11-23-9-8-20-14-6-4-5-7-16(14)22-12-21(20,19(25)26-2)15(13)10-17(23)18(20)24/h3-7,12,15,17H,8-11H2,1-2H3/b13-3+/t15-,17-,20+,21+/m1/s1. The summed E-state index contributed by atoms with van der Waals surface area (Å²) in [6, 6.07) is 7.67. The highest BCUT2D eigenvalue weighted by atomic mass is 16.5. The number of hydrogen-bond acceptors (Lipinski definition) is 5. The maximum atomic E-state index is 13.8. The molecule has 0 unspecified atom stereocenters. The van der Waals surface area contributed by atoms with Crippen LogP contribution in [0.15, 0.2) is 40.9 Å². The first-order valence-corrected chi connectivity index (χ1v) is 9.26. The Hall–Kier alpha value is -2.27. The highest BCUT2D eigenvalue weighted by Gasteiger charge is 2.73. The molecule has 0 radical (unpaired) electrons. The minimum absolute atomic E-state index is 0.0451. The summed E-state index contributed by atoms with van der Waals surface area (Å²) in [6.07, 6.45) is 5.17. The number of fused-ring (bicyclic) bond motifs is 3. The van der Waals surface area contributed by atoms with Crippen LogP contribution in [0, 0.1) is 11.3 Å². The summed E-state index contributed by atoms with van der Waals surface area (Å²) >= 11 is 0. The molecule has 4 atom stereocenters. The number of hydrogen-bond donors (Lipinski definition) is 0. The van der Waals surface area contributed by atoms with E-state index in [-0.39, 0.29) is 23.7 Å². The number of ketones is 1. The number of methoxy groups -OCH3 is 1. The average molecular weight is 350 g/mol. The van der Waals surface area contributed by atoms with Crippen LogP contribution in [0.3, 0.4) is 0 Å². The topological polar surface area (TPSA) is 59.0 Å². The summed E-state index contributed by atoms with van der Waals surface area (Å²) in [5, 5.41) is 0. The minimum atomic E-state index is -1.04. The molecule has 2 saturated heterocycles. The van der Waals surface area contributed by atoms with Gasteiger partial charge in [-0.05, 0) is 31.4 Å². The molecule has 3 bridgehead atoms. The smallest absolute Gasteiger partial charge is 0.319 e. The Balaban J connectivity index is 1.88. The van der Waals surface area contributed by atoms with Crippen molar-refractivity contribution < 1.29 is 14.3 Å². The van der Waals surface area contributed by atoms with Crippen LogP contribution in [0.1, 0.15) is 25.3 Å². The van der Waals surface area contributed by atoms with Gasteiger partial charge in [0, 0.05) is 25.2 Å². The third-order valence-corrected chi connectivity index (χ3v) is 7.15. The molecule has 1 aliphatic carbocycles. The summed E-state index contributed by atoms with van der Waals surface area (Å²) in [7, 11) is 1.42. The Morgan fingerprint density at radius 2 is 2.19 bits per heavy atom. The van der Waals surface area contributed by atoms with E-state index >= 15 is 0 Å². The van der Waals surface area contributed by atoms with Crippen LogP contribution in [0.5, 0.6) is 0 Å². The van der Waals surface area contributed by atoms with E-state index in [1.54, 1.807) is 6.21 Å². The molecule has 3 heterocycles. The lowest BCUT2D eigenvalue weighted by Gasteiger charge is -2.64. The van der Waals surface area contributed by atoms with Gasteiger partial charge in [0.25, 0.3) is 0 Å². The maximum absolute atomic E-state index is 13.8. The lowest BCUT2D eigenvalue weighted by molar-refractivity contribution is -0.172. The molecule has 0 aromatic heterocycles. The molecule has 5 heteroatoms. The molecule has 1 saturated carbocycles. The van der Waals surface area contributed by atoms with Crippen molar-refractivity contribution in [3.63, 3.8) is 0 Å². The first-order chi connectivity index (χ1) is 12.6. The van der Waals surface area contributed by atoms with E-state index in [0.29, 0.717) is 12.8 Å². The van der Waals surface area contributed by atoms with Gasteiger partial charge in [-0.2, -0.15) is 0 Å². The Bertz CT molecular complexity index is 889. The number of benzene rings is 1. The summed E-state index contributed by atoms with van der Waals surface area (Å²) in [5.41, 5.74) is 0.990. The first kappa shape index (κ1) is 15.9. The predicted octanol–water partition coefficient (Wildman–Crippen LogP) is 2.42. The number of carbonyl (C=O) groups is 2. The summed E-state index contributed by atoms with van der Waals surface area (Å²) < 4.78 is 5.32. The van der Waals surface area contributed by atoms with Crippen LogP contribution >= 0.6 is 0 Å². The van der Waals surface area contributed by atoms with E-state index in [4.69, 9.17) is 4.74 Å². The Morgan fingerprint density at radius 3 is 2.96 bits per heavy atom. The largest absolute Gasteiger partial charge is 0.468 e. The number of ether oxygens (including phenoxy) is 1. The quantitative estimate of drug-likeness (QED) is 0.577. The van der Waals surface area contributed by atoms with Gasteiger partial charge in [-0.3, -0.25) is 19.5 Å². The van der Waals surface area contributed by atoms with Crippen LogP contribution in [0.4, 0.5) is 5.69 Å². The number of rotatable bonds is 1. The van der Waals surface area contributed by atoms with Crippen LogP contribution in [0.25, 0.3) is 0 Å². The zero-order chi connectivity index (χ0) is 18.1. The highest BCUT2D eigenvalue weighted by molar-refractivity contribution is 6.13. The van der Waals surface area contributed by atoms with E-state index in [9.17, 15) is 9.59 Å². The Morgan fingerprint density at radius 1 is 1.38 bits per heavy atom. The maximum Gasteiger partial charge on any atom is 0.319 e. The number of para-hydroxylation sites is 1. The third kappa shape index (κ3) is 1.55. The highest BCUT2D eigenvalue weighted by Crippen LogP contribution is 2.64. The van der Waals surface area contributed by atoms with Gasteiger partial charge in [-0.1, -0.05) is 29.8 Å². The SMILES string of the molecule is C/C=C1\CN2CC[C@]34C(=O)[C@H]2C[C@H]1[C@]3(C(=O)OC)C=Nc1ccccc14. The number of allylic oxidation sites excluding steroid dienone is 1. The number of piperidine rings is 2. The second kappa shape index (κ2) is 5.13. The number of Topliss-reactive ketones (excluding diaryl/α,β-unsaturated/α-hetero) is 1. The minimum Gasteiger partial charge on any atom is -0.468 e. The second-order valence-electron chi connectivity index (χ2n) is 7.79. The fourth-order valence-electron chi connectivity index (χ4n) is 6.03. The fourth-order valence-corrected chi connectivity index (χ4v) is 6.03. The van der Waals surface area contributed by atoms with Gasteiger partial charge >= 0.3 is 5.97 Å². The monoisotopic (exact) mass is 350 g/mol.